The first-order valence-corrected chi connectivity index (χ1v) is 10.9. The Kier molecular flexibility index (Phi) is 4.26. The van der Waals surface area contributed by atoms with Crippen LogP contribution in [0.15, 0.2) is 115 Å². The van der Waals surface area contributed by atoms with Crippen LogP contribution in [0.5, 0.6) is 0 Å². The molecule has 0 saturated carbocycles. The van der Waals surface area contributed by atoms with Crippen molar-refractivity contribution in [2.45, 2.75) is 0 Å². The van der Waals surface area contributed by atoms with Crippen LogP contribution in [0.4, 0.5) is 0 Å². The smallest absolute Gasteiger partial charge is 0.0485 e. The number of rotatable bonds is 2. The second-order valence-corrected chi connectivity index (χ2v) is 8.35. The summed E-state index contributed by atoms with van der Waals surface area (Å²) in [6, 6.07) is 40.9. The summed E-state index contributed by atoms with van der Waals surface area (Å²) in [6.45, 7) is 0. The maximum atomic E-state index is 6.69. The van der Waals surface area contributed by atoms with Gasteiger partial charge in [-0.1, -0.05) is 109 Å². The van der Waals surface area contributed by atoms with E-state index in [0.29, 0.717) is 0 Å². The van der Waals surface area contributed by atoms with Gasteiger partial charge in [-0.3, -0.25) is 0 Å². The molecule has 0 aromatic heterocycles. The van der Waals surface area contributed by atoms with Crippen molar-refractivity contribution in [1.29, 1.82) is 0 Å². The second kappa shape index (κ2) is 7.27. The molecule has 6 aromatic rings. The summed E-state index contributed by atoms with van der Waals surface area (Å²) in [5, 5.41) is 8.28. The third-order valence-electron chi connectivity index (χ3n) is 6.13. The van der Waals surface area contributed by atoms with Gasteiger partial charge in [0, 0.05) is 10.6 Å². The van der Waals surface area contributed by atoms with E-state index in [1.165, 1.54) is 43.4 Å². The topological polar surface area (TPSA) is 0 Å². The maximum absolute atomic E-state index is 6.69. The summed E-state index contributed by atoms with van der Waals surface area (Å²) in [5.41, 5.74) is 4.59. The molecule has 6 aromatic carbocycles. The Hall–Kier alpha value is -3.61. The van der Waals surface area contributed by atoms with Crippen molar-refractivity contribution in [1.82, 2.24) is 0 Å². The number of hydrogen-bond donors (Lipinski definition) is 0. The van der Waals surface area contributed by atoms with E-state index in [4.69, 9.17) is 11.6 Å². The molecule has 6 rings (SSSR count). The van der Waals surface area contributed by atoms with Crippen molar-refractivity contribution in [3.8, 4) is 22.3 Å². The molecule has 0 fully saturated rings. The van der Waals surface area contributed by atoms with E-state index >= 15 is 0 Å². The first-order chi connectivity index (χ1) is 15.3. The van der Waals surface area contributed by atoms with E-state index in [0.717, 1.165) is 16.1 Å². The zero-order chi connectivity index (χ0) is 20.8. The Bertz CT molecular complexity index is 1590. The average molecular weight is 415 g/mol. The van der Waals surface area contributed by atoms with E-state index in [9.17, 15) is 0 Å². The highest BCUT2D eigenvalue weighted by Crippen LogP contribution is 2.37. The van der Waals surface area contributed by atoms with Crippen LogP contribution in [0, 0.1) is 0 Å². The van der Waals surface area contributed by atoms with Crippen LogP contribution < -0.4 is 0 Å². The predicted octanol–water partition coefficient (Wildman–Crippen LogP) is 9.13. The average Bonchev–Trinajstić information content (AvgIpc) is 2.84. The minimum Gasteiger partial charge on any atom is -0.0837 e. The minimum atomic E-state index is 0.770. The normalized spacial score (nSPS) is 11.4. The Morgan fingerprint density at radius 2 is 0.968 bits per heavy atom. The summed E-state index contributed by atoms with van der Waals surface area (Å²) >= 11 is 6.69. The Morgan fingerprint density at radius 3 is 1.81 bits per heavy atom. The van der Waals surface area contributed by atoms with Gasteiger partial charge in [0.15, 0.2) is 0 Å². The molecule has 0 radical (unpaired) electrons. The van der Waals surface area contributed by atoms with E-state index < -0.39 is 0 Å². The highest BCUT2D eigenvalue weighted by Gasteiger charge is 2.10. The second-order valence-electron chi connectivity index (χ2n) is 7.94. The third kappa shape index (κ3) is 3.08. The van der Waals surface area contributed by atoms with Crippen molar-refractivity contribution in [2.24, 2.45) is 0 Å². The largest absolute Gasteiger partial charge is 0.0837 e. The molecule has 0 aliphatic carbocycles. The monoisotopic (exact) mass is 414 g/mol. The van der Waals surface area contributed by atoms with Gasteiger partial charge in [-0.15, -0.1) is 0 Å². The highest BCUT2D eigenvalue weighted by molar-refractivity contribution is 6.34. The molecular weight excluding hydrogens is 396 g/mol. The quantitative estimate of drug-likeness (QED) is 0.248. The fourth-order valence-electron chi connectivity index (χ4n) is 4.55. The van der Waals surface area contributed by atoms with Crippen LogP contribution in [0.25, 0.3) is 54.6 Å². The molecule has 0 aliphatic rings. The van der Waals surface area contributed by atoms with Gasteiger partial charge in [-0.2, -0.15) is 0 Å². The van der Waals surface area contributed by atoms with Gasteiger partial charge in [0.2, 0.25) is 0 Å². The van der Waals surface area contributed by atoms with Gasteiger partial charge in [0.1, 0.15) is 0 Å². The first kappa shape index (κ1) is 18.2. The van der Waals surface area contributed by atoms with Crippen LogP contribution in [0.1, 0.15) is 0 Å². The maximum Gasteiger partial charge on any atom is 0.0485 e. The summed E-state index contributed by atoms with van der Waals surface area (Å²) in [7, 11) is 0. The van der Waals surface area contributed by atoms with E-state index in [1.807, 2.05) is 6.07 Å². The molecule has 1 heteroatoms. The van der Waals surface area contributed by atoms with Gasteiger partial charge in [-0.25, -0.2) is 0 Å². The summed E-state index contributed by atoms with van der Waals surface area (Å²) in [4.78, 5) is 0. The molecule has 0 aliphatic heterocycles. The molecule has 0 amide bonds. The van der Waals surface area contributed by atoms with E-state index in [1.54, 1.807) is 0 Å². The molecule has 0 spiro atoms. The fraction of sp³-hybridized carbons (Fsp3) is 0. The lowest BCUT2D eigenvalue weighted by atomic mass is 9.93. The van der Waals surface area contributed by atoms with E-state index in [2.05, 4.69) is 109 Å². The number of hydrogen-bond acceptors (Lipinski definition) is 0. The van der Waals surface area contributed by atoms with Crippen molar-refractivity contribution >= 4 is 43.9 Å². The molecule has 0 nitrogen and oxygen atoms in total. The molecule has 0 saturated heterocycles. The number of halogens is 1. The van der Waals surface area contributed by atoms with Gasteiger partial charge < -0.3 is 0 Å². The molecule has 0 atom stereocenters. The zero-order valence-electron chi connectivity index (χ0n) is 16.8. The fourth-order valence-corrected chi connectivity index (χ4v) is 4.77. The highest BCUT2D eigenvalue weighted by atomic mass is 35.5. The summed E-state index contributed by atoms with van der Waals surface area (Å²) in [5.74, 6) is 0. The van der Waals surface area contributed by atoms with Crippen LogP contribution >= 0.6 is 11.6 Å². The summed E-state index contributed by atoms with van der Waals surface area (Å²) < 4.78 is 0. The van der Waals surface area contributed by atoms with Crippen molar-refractivity contribution in [2.75, 3.05) is 0 Å². The summed E-state index contributed by atoms with van der Waals surface area (Å²) in [6.07, 6.45) is 0. The molecular formula is C30H19Cl. The SMILES string of the molecule is Clc1ccc(-c2ccc3ccc4ccccc4c3c2)cc1-c1cccc2ccccc12. The van der Waals surface area contributed by atoms with Crippen LogP contribution in [0.2, 0.25) is 5.02 Å². The van der Waals surface area contributed by atoms with Crippen molar-refractivity contribution in [3.63, 3.8) is 0 Å². The Balaban J connectivity index is 1.56. The first-order valence-electron chi connectivity index (χ1n) is 10.5. The molecule has 0 unspecified atom stereocenters. The number of benzene rings is 6. The van der Waals surface area contributed by atoms with Crippen LogP contribution in [-0.4, -0.2) is 0 Å². The zero-order valence-corrected chi connectivity index (χ0v) is 17.6. The van der Waals surface area contributed by atoms with Crippen molar-refractivity contribution in [3.05, 3.63) is 120 Å². The van der Waals surface area contributed by atoms with Gasteiger partial charge in [0.25, 0.3) is 0 Å². The van der Waals surface area contributed by atoms with Crippen LogP contribution in [-0.2, 0) is 0 Å². The van der Waals surface area contributed by atoms with E-state index in [-0.39, 0.29) is 0 Å². The predicted molar refractivity (Wildman–Crippen MR) is 135 cm³/mol. The molecule has 0 bridgehead atoms. The molecule has 31 heavy (non-hydrogen) atoms. The minimum absolute atomic E-state index is 0.770. The molecule has 146 valence electrons. The lowest BCUT2D eigenvalue weighted by molar-refractivity contribution is 1.62. The van der Waals surface area contributed by atoms with Gasteiger partial charge >= 0.3 is 0 Å². The van der Waals surface area contributed by atoms with Gasteiger partial charge in [-0.05, 0) is 67.2 Å². The Labute approximate surface area is 186 Å². The molecule has 0 heterocycles. The third-order valence-corrected chi connectivity index (χ3v) is 6.46. The standard InChI is InChI=1S/C30H19Cl/c31-30-17-16-24(19-29(30)27-11-5-8-20-6-1-3-9-25(20)27)23-15-14-22-13-12-21-7-2-4-10-26(21)28(22)18-23/h1-19H. The number of fused-ring (bicyclic) bond motifs is 4. The lowest BCUT2D eigenvalue weighted by Gasteiger charge is -2.12. The van der Waals surface area contributed by atoms with Crippen LogP contribution in [0.3, 0.4) is 0 Å². The molecule has 0 N–H and O–H groups in total. The van der Waals surface area contributed by atoms with Gasteiger partial charge in [0.05, 0.1) is 0 Å². The van der Waals surface area contributed by atoms with Crippen molar-refractivity contribution < 1.29 is 0 Å². The Morgan fingerprint density at radius 1 is 0.387 bits per heavy atom. The lowest BCUT2D eigenvalue weighted by Crippen LogP contribution is -1.86.